The molecule has 0 bridgehead atoms. The van der Waals surface area contributed by atoms with Gasteiger partial charge in [0.1, 0.15) is 23.9 Å². The maximum atomic E-state index is 13.4. The van der Waals surface area contributed by atoms with E-state index in [9.17, 15) is 33.9 Å². The summed E-state index contributed by atoms with van der Waals surface area (Å²) in [6.07, 6.45) is 3.42. The van der Waals surface area contributed by atoms with Crippen LogP contribution in [0.25, 0.3) is 0 Å². The van der Waals surface area contributed by atoms with Crippen molar-refractivity contribution >= 4 is 35.4 Å². The molecule has 0 unspecified atom stereocenters. The number of carbonyl (C=O) groups is 6. The molecular formula is C38H46N10O7. The summed E-state index contributed by atoms with van der Waals surface area (Å²) < 4.78 is 0. The van der Waals surface area contributed by atoms with E-state index in [1.165, 1.54) is 31.6 Å². The fourth-order valence-electron chi connectivity index (χ4n) is 5.35. The molecule has 4 rings (SSSR count). The van der Waals surface area contributed by atoms with Gasteiger partial charge in [-0.1, -0.05) is 72.8 Å². The number of nitrogens with two attached hydrogens (primary N) is 2. The number of benzene rings is 3. The molecule has 0 saturated carbocycles. The zero-order chi connectivity index (χ0) is 39.7. The number of nitrogens with one attached hydrogen (secondary N) is 7. The molecule has 12 N–H and O–H groups in total. The summed E-state index contributed by atoms with van der Waals surface area (Å²) in [5.41, 5.74) is 19.6. The van der Waals surface area contributed by atoms with Crippen molar-refractivity contribution in [1.82, 2.24) is 42.1 Å². The Kier molecular flexibility index (Phi) is 15.4. The lowest BCUT2D eigenvalue weighted by Gasteiger charge is -2.23. The molecule has 1 heterocycles. The molecular weight excluding hydrogens is 708 g/mol. The third-order valence-electron chi connectivity index (χ3n) is 8.39. The van der Waals surface area contributed by atoms with Gasteiger partial charge in [0.05, 0.1) is 25.0 Å². The van der Waals surface area contributed by atoms with E-state index in [0.717, 1.165) is 5.56 Å². The number of nitrogens with zero attached hydrogens (tertiary/aromatic N) is 1. The molecule has 17 heteroatoms. The standard InChI is InChI=1S/C38H46N10O7/c1-23(44-35(52)29(39)16-26-12-14-28(49)15-13-26)34(51)42-21-33(50)45-31(17-24-8-4-2-5-9-24)37(54)47-48-38(55)32(18-25-10-6-3-7-11-25)46-36(53)30(40)19-27-20-41-22-43-27/h2-15,20,22-23,29-32,49H,16-19,21,39-40H2,1H3,(H,41,43)(H,42,51)(H,44,52)(H,45,50)(H,46,53)(H,47,54)(H,48,55)/t23-,29-,30-,31-,32-/m0/s1. The van der Waals surface area contributed by atoms with E-state index in [4.69, 9.17) is 11.5 Å². The molecule has 6 amide bonds. The van der Waals surface area contributed by atoms with Crippen molar-refractivity contribution in [2.75, 3.05) is 6.54 Å². The van der Waals surface area contributed by atoms with Crippen LogP contribution in [0, 0.1) is 0 Å². The van der Waals surface area contributed by atoms with Gasteiger partial charge in [-0.2, -0.15) is 0 Å². The zero-order valence-corrected chi connectivity index (χ0v) is 30.2. The molecule has 1 aromatic heterocycles. The van der Waals surface area contributed by atoms with E-state index in [2.05, 4.69) is 42.1 Å². The van der Waals surface area contributed by atoms with Gasteiger partial charge in [0.25, 0.3) is 11.8 Å². The highest BCUT2D eigenvalue weighted by molar-refractivity contribution is 5.94. The van der Waals surface area contributed by atoms with Crippen molar-refractivity contribution in [3.63, 3.8) is 0 Å². The summed E-state index contributed by atoms with van der Waals surface area (Å²) in [5.74, 6) is -4.03. The van der Waals surface area contributed by atoms with Crippen molar-refractivity contribution in [1.29, 1.82) is 0 Å². The van der Waals surface area contributed by atoms with Crippen LogP contribution >= 0.6 is 0 Å². The summed E-state index contributed by atoms with van der Waals surface area (Å²) in [5, 5.41) is 19.6. The van der Waals surface area contributed by atoms with Crippen LogP contribution in [0.15, 0.2) is 97.5 Å². The summed E-state index contributed by atoms with van der Waals surface area (Å²) in [7, 11) is 0. The van der Waals surface area contributed by atoms with Crippen LogP contribution in [-0.2, 0) is 54.5 Å². The fourth-order valence-corrected chi connectivity index (χ4v) is 5.35. The lowest BCUT2D eigenvalue weighted by atomic mass is 10.0. The van der Waals surface area contributed by atoms with Crippen LogP contribution < -0.4 is 43.6 Å². The molecule has 55 heavy (non-hydrogen) atoms. The highest BCUT2D eigenvalue weighted by atomic mass is 16.3. The first-order valence-electron chi connectivity index (χ1n) is 17.5. The smallest absolute Gasteiger partial charge is 0.261 e. The minimum Gasteiger partial charge on any atom is -0.508 e. The molecule has 3 aromatic carbocycles. The molecule has 4 aromatic rings. The topological polar surface area (TPSA) is 276 Å². The first-order valence-corrected chi connectivity index (χ1v) is 17.5. The Balaban J connectivity index is 1.33. The quantitative estimate of drug-likeness (QED) is 0.0541. The van der Waals surface area contributed by atoms with E-state index in [0.29, 0.717) is 16.8 Å². The molecule has 0 aliphatic carbocycles. The lowest BCUT2D eigenvalue weighted by molar-refractivity contribution is -0.134. The third-order valence-corrected chi connectivity index (χ3v) is 8.39. The van der Waals surface area contributed by atoms with Crippen LogP contribution in [0.4, 0.5) is 0 Å². The van der Waals surface area contributed by atoms with Crippen LogP contribution in [0.2, 0.25) is 0 Å². The second-order valence-electron chi connectivity index (χ2n) is 12.9. The summed E-state index contributed by atoms with van der Waals surface area (Å²) >= 11 is 0. The highest BCUT2D eigenvalue weighted by Crippen LogP contribution is 2.11. The number of carbonyl (C=O) groups excluding carboxylic acids is 6. The minimum absolute atomic E-state index is 0.0280. The molecule has 290 valence electrons. The van der Waals surface area contributed by atoms with Gasteiger partial charge in [-0.25, -0.2) is 4.98 Å². The first kappa shape index (κ1) is 41.2. The van der Waals surface area contributed by atoms with Crippen molar-refractivity contribution in [2.45, 2.75) is 62.8 Å². The molecule has 0 saturated heterocycles. The Labute approximate surface area is 317 Å². The van der Waals surface area contributed by atoms with Crippen LogP contribution in [0.1, 0.15) is 29.3 Å². The number of imidazole rings is 1. The monoisotopic (exact) mass is 754 g/mol. The maximum absolute atomic E-state index is 13.4. The number of phenolic OH excluding ortho intramolecular Hbond substituents is 1. The van der Waals surface area contributed by atoms with Crippen LogP contribution in [0.3, 0.4) is 0 Å². The van der Waals surface area contributed by atoms with Crippen molar-refractivity contribution in [2.24, 2.45) is 11.5 Å². The SMILES string of the molecule is C[C@H](NC(=O)[C@@H](N)Cc1ccc(O)cc1)C(=O)NCC(=O)N[C@@H](Cc1ccccc1)C(=O)NNC(=O)[C@H](Cc1ccccc1)NC(=O)[C@@H](N)Cc1cnc[nH]1. The molecule has 0 aliphatic rings. The van der Waals surface area contributed by atoms with Gasteiger partial charge in [0.15, 0.2) is 0 Å². The van der Waals surface area contributed by atoms with E-state index < -0.39 is 72.2 Å². The molecule has 0 fully saturated rings. The normalized spacial score (nSPS) is 13.5. The number of aromatic hydroxyl groups is 1. The van der Waals surface area contributed by atoms with Crippen LogP contribution in [-0.4, -0.2) is 87.3 Å². The summed E-state index contributed by atoms with van der Waals surface area (Å²) in [6.45, 7) is 0.890. The Hall–Kier alpha value is -6.59. The summed E-state index contributed by atoms with van der Waals surface area (Å²) in [6, 6.07) is 18.6. The number of H-pyrrole nitrogens is 1. The van der Waals surface area contributed by atoms with Gasteiger partial charge in [-0.15, -0.1) is 0 Å². The van der Waals surface area contributed by atoms with E-state index in [-0.39, 0.29) is 31.4 Å². The Bertz CT molecular complexity index is 1880. The van der Waals surface area contributed by atoms with E-state index in [1.807, 2.05) is 0 Å². The van der Waals surface area contributed by atoms with Crippen molar-refractivity contribution < 1.29 is 33.9 Å². The number of hydrogen-bond donors (Lipinski definition) is 10. The maximum Gasteiger partial charge on any atom is 0.261 e. The van der Waals surface area contributed by atoms with Crippen molar-refractivity contribution in [3.8, 4) is 5.75 Å². The predicted molar refractivity (Wildman–Crippen MR) is 201 cm³/mol. The Morgan fingerprint density at radius 2 is 1.15 bits per heavy atom. The predicted octanol–water partition coefficient (Wildman–Crippen LogP) is -1.22. The average molecular weight is 755 g/mol. The minimum atomic E-state index is -1.20. The van der Waals surface area contributed by atoms with E-state index in [1.54, 1.807) is 72.8 Å². The number of rotatable bonds is 18. The van der Waals surface area contributed by atoms with Gasteiger partial charge >= 0.3 is 0 Å². The van der Waals surface area contributed by atoms with Gasteiger partial charge in [-0.3, -0.25) is 39.6 Å². The second-order valence-corrected chi connectivity index (χ2v) is 12.9. The Morgan fingerprint density at radius 1 is 0.636 bits per heavy atom. The number of phenols is 1. The number of aromatic nitrogens is 2. The number of hydrogen-bond acceptors (Lipinski definition) is 10. The van der Waals surface area contributed by atoms with E-state index >= 15 is 0 Å². The summed E-state index contributed by atoms with van der Waals surface area (Å²) in [4.78, 5) is 85.0. The third kappa shape index (κ3) is 13.7. The number of amides is 6. The van der Waals surface area contributed by atoms with Gasteiger partial charge < -0.3 is 42.8 Å². The second kappa shape index (κ2) is 20.6. The fraction of sp³-hybridized carbons (Fsp3) is 0.289. The lowest BCUT2D eigenvalue weighted by Crippen LogP contribution is -2.59. The number of hydrazine groups is 1. The first-order chi connectivity index (χ1) is 26.4. The number of aromatic amines is 1. The zero-order valence-electron chi connectivity index (χ0n) is 30.2. The van der Waals surface area contributed by atoms with Gasteiger partial charge in [-0.05, 0) is 42.2 Å². The van der Waals surface area contributed by atoms with Crippen molar-refractivity contribution in [3.05, 3.63) is 120 Å². The van der Waals surface area contributed by atoms with Gasteiger partial charge in [0.2, 0.25) is 23.6 Å². The molecule has 0 radical (unpaired) electrons. The average Bonchev–Trinajstić information content (AvgIpc) is 3.70. The van der Waals surface area contributed by atoms with Crippen LogP contribution in [0.5, 0.6) is 5.75 Å². The Morgan fingerprint density at radius 3 is 1.69 bits per heavy atom. The largest absolute Gasteiger partial charge is 0.508 e. The molecule has 0 spiro atoms. The highest BCUT2D eigenvalue weighted by Gasteiger charge is 2.28. The molecule has 5 atom stereocenters. The molecule has 0 aliphatic heterocycles. The molecule has 17 nitrogen and oxygen atoms in total. The van der Waals surface area contributed by atoms with Gasteiger partial charge in [0, 0.05) is 31.2 Å².